The molecule has 1 fully saturated rings. The molecule has 1 heterocycles. The van der Waals surface area contributed by atoms with E-state index in [-0.39, 0.29) is 56.3 Å². The summed E-state index contributed by atoms with van der Waals surface area (Å²) in [5.41, 5.74) is 0. The maximum atomic E-state index is 15.2. The molecular formula is C64H113N11O14. The Bertz CT molecular complexity index is 2490. The van der Waals surface area contributed by atoms with E-state index in [4.69, 9.17) is 0 Å². The summed E-state index contributed by atoms with van der Waals surface area (Å²) in [6.07, 6.45) is 3.05. The van der Waals surface area contributed by atoms with Gasteiger partial charge in [-0.2, -0.15) is 0 Å². The number of carbonyl (C=O) groups is 12. The first-order chi connectivity index (χ1) is 41.1. The monoisotopic (exact) mass is 1260 g/mol. The number of rotatable bonds is 17. The van der Waals surface area contributed by atoms with Crippen molar-refractivity contribution in [1.29, 1.82) is 0 Å². The van der Waals surface area contributed by atoms with Crippen LogP contribution in [0.5, 0.6) is 0 Å². The molecule has 2 unspecified atom stereocenters. The molecule has 89 heavy (non-hydrogen) atoms. The first-order valence-electron chi connectivity index (χ1n) is 31.7. The fourth-order valence-electron chi connectivity index (χ4n) is 11.2. The second kappa shape index (κ2) is 36.3. The minimum atomic E-state index is -2.28. The number of nitrogens with zero attached hydrogens (tertiary/aromatic N) is 7. The number of hydrogen-bond donors (Lipinski definition) is 6. The first-order valence-corrected chi connectivity index (χ1v) is 31.7. The average Bonchev–Trinajstić information content (AvgIpc) is 2.39. The van der Waals surface area contributed by atoms with Gasteiger partial charge in [0.25, 0.3) is 5.91 Å². The Hall–Kier alpha value is -6.66. The van der Waals surface area contributed by atoms with Crippen LogP contribution in [0.2, 0.25) is 0 Å². The van der Waals surface area contributed by atoms with Crippen LogP contribution in [0.25, 0.3) is 0 Å². The van der Waals surface area contributed by atoms with Crippen LogP contribution in [0.1, 0.15) is 163 Å². The van der Waals surface area contributed by atoms with E-state index < -0.39 is 167 Å². The summed E-state index contributed by atoms with van der Waals surface area (Å²) >= 11 is 0. The summed E-state index contributed by atoms with van der Waals surface area (Å²) in [5.74, 6) is -13.8. The van der Waals surface area contributed by atoms with Crippen molar-refractivity contribution in [2.45, 2.75) is 235 Å². The molecule has 0 saturated carbocycles. The number of aliphatic hydroxyl groups is 1. The minimum absolute atomic E-state index is 0.0444. The molecule has 508 valence electrons. The standard InChI is InChI=1S/C64H113N11O14/c1-25-28-29-40(15)52(76)50-56(80)67-43(27-3)58(82)75(24)51(64(88)89)63(87)73(22)49(39(14)26-2)55(79)68-47(37(10)11)61(85)70(19)45(32-35(6)7)54(78)65-41(16)53(77)66-42(17)57(81)71(20)46(33-36(8)9)60(84)69(18)44(31-30-34(4)5)59(83)72(21)48(38(12)13)62(86)74(50)23/h25,28,34-52,76H,26-27,29-33H2,1-24H3,(H,65,78)(H,66,77)(H,67,80)(H,68,79)(H,88,89)/b28-25+/t39?,40-,41-,42+,43-,44-,45-,46-,47-,48-,49+,50+,51?,52-/m1/s1. The molecule has 1 rings (SSSR count). The van der Waals surface area contributed by atoms with Gasteiger partial charge in [-0.3, -0.25) is 52.7 Å². The molecule has 25 nitrogen and oxygen atoms in total. The first kappa shape index (κ1) is 80.4. The normalized spacial score (nSPS) is 27.3. The number of hydrogen-bond acceptors (Lipinski definition) is 13. The third-order valence-corrected chi connectivity index (χ3v) is 17.2. The van der Waals surface area contributed by atoms with E-state index in [0.29, 0.717) is 11.3 Å². The molecule has 1 aliphatic rings. The topological polar surface area (TPSA) is 316 Å². The van der Waals surface area contributed by atoms with Crippen molar-refractivity contribution in [3.63, 3.8) is 0 Å². The molecule has 0 aliphatic carbocycles. The van der Waals surface area contributed by atoms with Gasteiger partial charge in [0.1, 0.15) is 60.4 Å². The molecular weight excluding hydrogens is 1150 g/mol. The smallest absolute Gasteiger partial charge is 0.336 e. The zero-order valence-corrected chi connectivity index (χ0v) is 58.0. The Morgan fingerprint density at radius 3 is 1.44 bits per heavy atom. The highest BCUT2D eigenvalue weighted by molar-refractivity contribution is 6.06. The van der Waals surface area contributed by atoms with Gasteiger partial charge in [0.15, 0.2) is 0 Å². The minimum Gasteiger partial charge on any atom is -0.479 e. The highest BCUT2D eigenvalue weighted by Gasteiger charge is 2.47. The second-order valence-electron chi connectivity index (χ2n) is 26.6. The van der Waals surface area contributed by atoms with Crippen molar-refractivity contribution in [1.82, 2.24) is 55.6 Å². The van der Waals surface area contributed by atoms with Crippen molar-refractivity contribution < 1.29 is 67.7 Å². The number of likely N-dealkylation sites (N-methyl/N-ethyl adjacent to an activating group) is 7. The molecule has 0 spiro atoms. The summed E-state index contributed by atoms with van der Waals surface area (Å²) in [5, 5.41) is 33.6. The molecule has 14 atom stereocenters. The number of carboxylic acids is 1. The summed E-state index contributed by atoms with van der Waals surface area (Å²) in [7, 11) is 9.19. The zero-order chi connectivity index (χ0) is 69.1. The number of carbonyl (C=O) groups excluding carboxylic acids is 11. The maximum Gasteiger partial charge on any atom is 0.336 e. The van der Waals surface area contributed by atoms with Crippen LogP contribution >= 0.6 is 0 Å². The van der Waals surface area contributed by atoms with Gasteiger partial charge in [-0.15, -0.1) is 0 Å². The van der Waals surface area contributed by atoms with Crippen LogP contribution in [-0.4, -0.2) is 237 Å². The Morgan fingerprint density at radius 2 is 0.966 bits per heavy atom. The fourth-order valence-corrected chi connectivity index (χ4v) is 11.2. The lowest BCUT2D eigenvalue weighted by molar-refractivity contribution is -0.161. The lowest BCUT2D eigenvalue weighted by Crippen LogP contribution is -2.64. The summed E-state index contributed by atoms with van der Waals surface area (Å²) in [6.45, 7) is 29.1. The Balaban J connectivity index is 4.49. The molecule has 0 bridgehead atoms. The molecule has 0 aromatic heterocycles. The van der Waals surface area contributed by atoms with Crippen molar-refractivity contribution in [2.75, 3.05) is 49.3 Å². The van der Waals surface area contributed by atoms with E-state index in [1.807, 2.05) is 41.5 Å². The quantitative estimate of drug-likeness (QED) is 0.0901. The molecule has 0 aromatic rings. The van der Waals surface area contributed by atoms with Gasteiger partial charge in [0.05, 0.1) is 6.10 Å². The second-order valence-corrected chi connectivity index (χ2v) is 26.6. The largest absolute Gasteiger partial charge is 0.479 e. The van der Waals surface area contributed by atoms with Crippen LogP contribution in [-0.2, 0) is 57.5 Å². The van der Waals surface area contributed by atoms with Gasteiger partial charge in [-0.25, -0.2) is 4.79 Å². The SMILES string of the molecule is C/C=C/C[C@@H](C)[C@@H](O)[C@H]1C(=O)N[C@H](CC)C(=O)N(C)C(C(=O)O)C(=O)N(C)[C@@H](C(C)CC)C(=O)N[C@H](C(C)C)C(=O)N(C)[C@H](CC(C)C)C(=O)N[C@H](C)C(=O)N[C@@H](C)C(=O)N(C)[C@H](CC(C)C)C(=O)N(C)[C@H](CCC(C)C)C(=O)N(C)[C@H](C(C)C)C(=O)N1C. The van der Waals surface area contributed by atoms with Crippen molar-refractivity contribution in [3.05, 3.63) is 12.2 Å². The molecule has 6 N–H and O–H groups in total. The van der Waals surface area contributed by atoms with Crippen LogP contribution < -0.4 is 21.3 Å². The lowest BCUT2D eigenvalue weighted by atomic mass is 9.91. The van der Waals surface area contributed by atoms with Crippen molar-refractivity contribution >= 4 is 70.9 Å². The molecule has 1 aliphatic heterocycles. The highest BCUT2D eigenvalue weighted by Crippen LogP contribution is 2.26. The van der Waals surface area contributed by atoms with Crippen LogP contribution in [0.4, 0.5) is 0 Å². The Kier molecular flexibility index (Phi) is 32.7. The lowest BCUT2D eigenvalue weighted by Gasteiger charge is -2.41. The Morgan fingerprint density at radius 1 is 0.494 bits per heavy atom. The number of nitrogens with one attached hydrogen (secondary N) is 4. The van der Waals surface area contributed by atoms with E-state index in [1.165, 1.54) is 82.7 Å². The fraction of sp³-hybridized carbons (Fsp3) is 0.781. The molecule has 0 aromatic carbocycles. The summed E-state index contributed by atoms with van der Waals surface area (Å²) < 4.78 is 0. The third kappa shape index (κ3) is 21.5. The Labute approximate surface area is 530 Å². The van der Waals surface area contributed by atoms with Gasteiger partial charge in [0, 0.05) is 49.3 Å². The van der Waals surface area contributed by atoms with Crippen LogP contribution in [0.3, 0.4) is 0 Å². The summed E-state index contributed by atoms with van der Waals surface area (Å²) in [4.78, 5) is 182. The number of amides is 11. The third-order valence-electron chi connectivity index (χ3n) is 17.2. The number of carboxylic acid groups (broad SMARTS) is 1. The van der Waals surface area contributed by atoms with Gasteiger partial charge < -0.3 is 65.8 Å². The van der Waals surface area contributed by atoms with Gasteiger partial charge in [0.2, 0.25) is 65.1 Å². The number of aliphatic hydroxyl groups excluding tert-OH is 1. The highest BCUT2D eigenvalue weighted by atomic mass is 16.4. The molecule has 1 saturated heterocycles. The van der Waals surface area contributed by atoms with E-state index in [2.05, 4.69) is 21.3 Å². The number of allylic oxidation sites excluding steroid dienone is 2. The predicted molar refractivity (Wildman–Crippen MR) is 340 cm³/mol. The zero-order valence-electron chi connectivity index (χ0n) is 58.0. The van der Waals surface area contributed by atoms with Crippen LogP contribution in [0.15, 0.2) is 12.2 Å². The molecule has 0 radical (unpaired) electrons. The van der Waals surface area contributed by atoms with Gasteiger partial charge >= 0.3 is 5.97 Å². The number of aliphatic carboxylic acids is 1. The van der Waals surface area contributed by atoms with Crippen LogP contribution in [0, 0.1) is 41.4 Å². The van der Waals surface area contributed by atoms with Crippen molar-refractivity contribution in [2.24, 2.45) is 41.4 Å². The van der Waals surface area contributed by atoms with E-state index >= 15 is 14.4 Å². The van der Waals surface area contributed by atoms with E-state index in [1.54, 1.807) is 67.5 Å². The molecule has 11 amide bonds. The van der Waals surface area contributed by atoms with E-state index in [0.717, 1.165) is 16.8 Å². The molecule has 25 heteroatoms. The predicted octanol–water partition coefficient (Wildman–Crippen LogP) is 3.11. The van der Waals surface area contributed by atoms with Crippen molar-refractivity contribution in [3.8, 4) is 0 Å². The maximum absolute atomic E-state index is 15.2. The van der Waals surface area contributed by atoms with E-state index in [9.17, 15) is 53.4 Å². The average molecular weight is 1260 g/mol. The van der Waals surface area contributed by atoms with Gasteiger partial charge in [-0.1, -0.05) is 116 Å². The van der Waals surface area contributed by atoms with Gasteiger partial charge in [-0.05, 0) is 101 Å². The summed E-state index contributed by atoms with van der Waals surface area (Å²) in [6, 6.07) is -15.7.